The fourth-order valence-corrected chi connectivity index (χ4v) is 5.34. The van der Waals surface area contributed by atoms with Crippen molar-refractivity contribution in [3.8, 4) is 0 Å². The zero-order valence-corrected chi connectivity index (χ0v) is 20.9. The van der Waals surface area contributed by atoms with Crippen molar-refractivity contribution >= 4 is 51.7 Å². The summed E-state index contributed by atoms with van der Waals surface area (Å²) in [4.78, 5) is 4.68. The maximum atomic E-state index is 12.4. The van der Waals surface area contributed by atoms with E-state index >= 15 is 0 Å². The summed E-state index contributed by atoms with van der Waals surface area (Å²) < 4.78 is 26.5. The average Bonchev–Trinajstić information content (AvgIpc) is 2.67. The first kappa shape index (κ1) is 25.5. The number of hydrogen-bond donors (Lipinski definition) is 2. The van der Waals surface area contributed by atoms with E-state index in [0.29, 0.717) is 32.1 Å². The highest BCUT2D eigenvalue weighted by molar-refractivity contribution is 14.0. The van der Waals surface area contributed by atoms with Crippen LogP contribution in [0.25, 0.3) is 0 Å². The molecule has 0 amide bonds. The molecule has 0 saturated carbocycles. The molecule has 0 unspecified atom stereocenters. The van der Waals surface area contributed by atoms with Gasteiger partial charge in [0.05, 0.1) is 12.3 Å². The van der Waals surface area contributed by atoms with Gasteiger partial charge in [-0.25, -0.2) is 12.7 Å². The standard InChI is InChI=1S/C19H32N4O2S2.HI/c1-4-20-18(22-16-19(2,3)17-8-6-5-7-9-17)21-10-15-27(24,25)23-11-13-26-14-12-23;/h5-9H,4,10-16H2,1-3H3,(H2,20,21,22);1H. The Hall–Kier alpha value is -0.520. The van der Waals surface area contributed by atoms with Gasteiger partial charge < -0.3 is 10.6 Å². The molecular weight excluding hydrogens is 507 g/mol. The maximum Gasteiger partial charge on any atom is 0.215 e. The van der Waals surface area contributed by atoms with Gasteiger partial charge in [-0.3, -0.25) is 4.99 Å². The van der Waals surface area contributed by atoms with E-state index in [9.17, 15) is 8.42 Å². The van der Waals surface area contributed by atoms with Crippen LogP contribution in [0.15, 0.2) is 35.3 Å². The number of halogens is 1. The quantitative estimate of drug-likeness (QED) is 0.301. The topological polar surface area (TPSA) is 73.8 Å². The Morgan fingerprint density at radius 1 is 1.18 bits per heavy atom. The molecule has 160 valence electrons. The third-order valence-corrected chi connectivity index (χ3v) is 7.36. The number of nitrogens with one attached hydrogen (secondary N) is 2. The Balaban J connectivity index is 0.00000392. The van der Waals surface area contributed by atoms with E-state index in [4.69, 9.17) is 0 Å². The predicted molar refractivity (Wildman–Crippen MR) is 132 cm³/mol. The van der Waals surface area contributed by atoms with Gasteiger partial charge in [0.15, 0.2) is 5.96 Å². The van der Waals surface area contributed by atoms with Gasteiger partial charge >= 0.3 is 0 Å². The maximum absolute atomic E-state index is 12.4. The molecule has 1 heterocycles. The van der Waals surface area contributed by atoms with E-state index in [-0.39, 0.29) is 35.1 Å². The molecule has 0 atom stereocenters. The highest BCUT2D eigenvalue weighted by atomic mass is 127. The summed E-state index contributed by atoms with van der Waals surface area (Å²) in [5, 5.41) is 6.37. The molecule has 0 radical (unpaired) electrons. The predicted octanol–water partition coefficient (Wildman–Crippen LogP) is 2.52. The van der Waals surface area contributed by atoms with Gasteiger partial charge in [-0.2, -0.15) is 11.8 Å². The number of sulfonamides is 1. The van der Waals surface area contributed by atoms with E-state index in [1.165, 1.54) is 5.56 Å². The first-order valence-electron chi connectivity index (χ1n) is 9.48. The van der Waals surface area contributed by atoms with E-state index in [0.717, 1.165) is 18.1 Å². The summed E-state index contributed by atoms with van der Waals surface area (Å²) in [7, 11) is -3.21. The van der Waals surface area contributed by atoms with Gasteiger partial charge in [0.2, 0.25) is 10.0 Å². The number of hydrogen-bond acceptors (Lipinski definition) is 4. The number of thioether (sulfide) groups is 1. The summed E-state index contributed by atoms with van der Waals surface area (Å²) in [5.41, 5.74) is 1.14. The smallest absolute Gasteiger partial charge is 0.215 e. The van der Waals surface area contributed by atoms with Crippen LogP contribution in [0, 0.1) is 0 Å². The van der Waals surface area contributed by atoms with Crippen molar-refractivity contribution in [3.63, 3.8) is 0 Å². The van der Waals surface area contributed by atoms with Crippen molar-refractivity contribution in [1.29, 1.82) is 0 Å². The Bertz CT molecular complexity index is 706. The molecule has 0 aromatic heterocycles. The summed E-state index contributed by atoms with van der Waals surface area (Å²) in [6, 6.07) is 10.3. The first-order chi connectivity index (χ1) is 12.8. The van der Waals surface area contributed by atoms with Crippen LogP contribution in [0.5, 0.6) is 0 Å². The minimum absolute atomic E-state index is 0. The molecule has 1 aliphatic heterocycles. The Labute approximate surface area is 191 Å². The fourth-order valence-electron chi connectivity index (χ4n) is 2.85. The molecule has 2 N–H and O–H groups in total. The van der Waals surface area contributed by atoms with Gasteiger partial charge in [-0.15, -0.1) is 24.0 Å². The lowest BCUT2D eigenvalue weighted by Gasteiger charge is -2.26. The number of guanidine groups is 1. The van der Waals surface area contributed by atoms with Crippen LogP contribution in [0.1, 0.15) is 26.3 Å². The third kappa shape index (κ3) is 8.08. The number of rotatable bonds is 8. The second-order valence-electron chi connectivity index (χ2n) is 7.20. The van der Waals surface area contributed by atoms with Crippen LogP contribution in [0.2, 0.25) is 0 Å². The normalized spacial score (nSPS) is 16.3. The van der Waals surface area contributed by atoms with Crippen molar-refractivity contribution in [1.82, 2.24) is 14.9 Å². The highest BCUT2D eigenvalue weighted by Crippen LogP contribution is 2.22. The van der Waals surface area contributed by atoms with Crippen LogP contribution in [-0.4, -0.2) is 68.7 Å². The molecule has 28 heavy (non-hydrogen) atoms. The molecule has 2 rings (SSSR count). The van der Waals surface area contributed by atoms with Crippen molar-refractivity contribution in [2.75, 3.05) is 50.0 Å². The van der Waals surface area contributed by atoms with Crippen molar-refractivity contribution in [3.05, 3.63) is 35.9 Å². The monoisotopic (exact) mass is 540 g/mol. The van der Waals surface area contributed by atoms with Crippen LogP contribution < -0.4 is 10.6 Å². The van der Waals surface area contributed by atoms with Crippen molar-refractivity contribution in [2.45, 2.75) is 26.2 Å². The largest absolute Gasteiger partial charge is 0.357 e. The first-order valence-corrected chi connectivity index (χ1v) is 12.2. The van der Waals surface area contributed by atoms with Crippen molar-refractivity contribution < 1.29 is 8.42 Å². The van der Waals surface area contributed by atoms with Crippen LogP contribution in [0.3, 0.4) is 0 Å². The summed E-state index contributed by atoms with van der Waals surface area (Å²) in [6.07, 6.45) is 0. The molecule has 1 saturated heterocycles. The molecule has 1 aromatic rings. The minimum atomic E-state index is -3.21. The second-order valence-corrected chi connectivity index (χ2v) is 10.5. The Morgan fingerprint density at radius 3 is 2.43 bits per heavy atom. The zero-order chi connectivity index (χ0) is 19.8. The average molecular weight is 541 g/mol. The molecule has 0 bridgehead atoms. The van der Waals surface area contributed by atoms with Gasteiger partial charge in [0.1, 0.15) is 0 Å². The molecule has 1 fully saturated rings. The van der Waals surface area contributed by atoms with Crippen LogP contribution in [0.4, 0.5) is 0 Å². The van der Waals surface area contributed by atoms with E-state index < -0.39 is 10.0 Å². The van der Waals surface area contributed by atoms with Gasteiger partial charge in [0, 0.05) is 43.1 Å². The SMILES string of the molecule is CCNC(=NCC(C)(C)c1ccccc1)NCCS(=O)(=O)N1CCSCC1.I. The van der Waals surface area contributed by atoms with Gasteiger partial charge in [-0.1, -0.05) is 44.2 Å². The Morgan fingerprint density at radius 2 is 1.82 bits per heavy atom. The molecule has 6 nitrogen and oxygen atoms in total. The summed E-state index contributed by atoms with van der Waals surface area (Å²) in [6.45, 7) is 9.25. The number of aliphatic imine (C=N–C) groups is 1. The lowest BCUT2D eigenvalue weighted by atomic mass is 9.85. The number of benzene rings is 1. The third-order valence-electron chi connectivity index (χ3n) is 4.55. The number of nitrogens with zero attached hydrogens (tertiary/aromatic N) is 2. The van der Waals surface area contributed by atoms with Gasteiger partial charge in [0.25, 0.3) is 0 Å². The molecule has 1 aromatic carbocycles. The van der Waals surface area contributed by atoms with E-state index in [2.05, 4.69) is 41.6 Å². The van der Waals surface area contributed by atoms with E-state index in [1.807, 2.05) is 25.1 Å². The minimum Gasteiger partial charge on any atom is -0.357 e. The van der Waals surface area contributed by atoms with Crippen molar-refractivity contribution in [2.24, 2.45) is 4.99 Å². The zero-order valence-electron chi connectivity index (χ0n) is 17.0. The van der Waals surface area contributed by atoms with Crippen LogP contribution in [-0.2, 0) is 15.4 Å². The molecule has 9 heteroatoms. The molecule has 0 spiro atoms. The summed E-state index contributed by atoms with van der Waals surface area (Å²) >= 11 is 1.81. The van der Waals surface area contributed by atoms with Gasteiger partial charge in [-0.05, 0) is 12.5 Å². The summed E-state index contributed by atoms with van der Waals surface area (Å²) in [5.74, 6) is 2.51. The van der Waals surface area contributed by atoms with E-state index in [1.54, 1.807) is 16.1 Å². The molecule has 1 aliphatic rings. The Kier molecular flexibility index (Phi) is 11.2. The fraction of sp³-hybridized carbons (Fsp3) is 0.632. The highest BCUT2D eigenvalue weighted by Gasteiger charge is 2.24. The second kappa shape index (κ2) is 12.2. The molecule has 0 aliphatic carbocycles. The molecular formula is C19H33IN4O2S2. The lowest BCUT2D eigenvalue weighted by Crippen LogP contribution is -2.44. The van der Waals surface area contributed by atoms with Crippen LogP contribution >= 0.6 is 35.7 Å². The lowest BCUT2D eigenvalue weighted by molar-refractivity contribution is 0.443.